The van der Waals surface area contributed by atoms with Crippen LogP contribution in [0.5, 0.6) is 0 Å². The first-order chi connectivity index (χ1) is 9.74. The van der Waals surface area contributed by atoms with E-state index in [1.54, 1.807) is 6.20 Å². The van der Waals surface area contributed by atoms with Crippen LogP contribution in [0.15, 0.2) is 36.5 Å². The van der Waals surface area contributed by atoms with Crippen LogP contribution in [0, 0.1) is 5.92 Å². The second kappa shape index (κ2) is 7.15. The van der Waals surface area contributed by atoms with E-state index in [9.17, 15) is 4.79 Å². The Morgan fingerprint density at radius 2 is 2.15 bits per heavy atom. The van der Waals surface area contributed by atoms with Crippen LogP contribution < -0.4 is 5.73 Å². The number of nitrogens with two attached hydrogens (primary N) is 1. The van der Waals surface area contributed by atoms with Crippen molar-refractivity contribution in [2.45, 2.75) is 32.6 Å². The number of benzene rings is 1. The van der Waals surface area contributed by atoms with E-state index in [4.69, 9.17) is 5.73 Å². The topological polar surface area (TPSA) is 56.0 Å². The van der Waals surface area contributed by atoms with Crippen molar-refractivity contribution in [2.24, 2.45) is 11.7 Å². The maximum absolute atomic E-state index is 12.3. The smallest absolute Gasteiger partial charge is 0.162 e. The van der Waals surface area contributed by atoms with Gasteiger partial charge in [0.15, 0.2) is 5.78 Å². The van der Waals surface area contributed by atoms with Gasteiger partial charge in [0, 0.05) is 23.6 Å². The standard InChI is InChI=1S/C17H22N2O/c1-2-13(9-10-18)5-8-17(20)15-7-6-14-4-3-11-19-16(14)12-15/h3-4,6-7,11-13H,2,5,8-10,18H2,1H3. The molecular formula is C17H22N2O. The molecule has 1 heterocycles. The van der Waals surface area contributed by atoms with Gasteiger partial charge in [-0.05, 0) is 37.4 Å². The third kappa shape index (κ3) is 3.64. The molecule has 1 aromatic heterocycles. The van der Waals surface area contributed by atoms with Gasteiger partial charge in [0.25, 0.3) is 0 Å². The summed E-state index contributed by atoms with van der Waals surface area (Å²) < 4.78 is 0. The molecule has 0 radical (unpaired) electrons. The molecule has 1 aromatic carbocycles. The number of carbonyl (C=O) groups excluding carboxylic acids is 1. The van der Waals surface area contributed by atoms with Crippen molar-refractivity contribution in [1.82, 2.24) is 4.98 Å². The van der Waals surface area contributed by atoms with Crippen molar-refractivity contribution in [2.75, 3.05) is 6.54 Å². The highest BCUT2D eigenvalue weighted by atomic mass is 16.1. The summed E-state index contributed by atoms with van der Waals surface area (Å²) in [6, 6.07) is 9.66. The third-order valence-corrected chi connectivity index (χ3v) is 3.86. The molecule has 0 bridgehead atoms. The Morgan fingerprint density at radius 1 is 1.30 bits per heavy atom. The molecule has 1 atom stereocenters. The number of pyridine rings is 1. The Morgan fingerprint density at radius 3 is 2.90 bits per heavy atom. The Kier molecular flexibility index (Phi) is 5.24. The number of fused-ring (bicyclic) bond motifs is 1. The molecule has 0 saturated carbocycles. The number of rotatable bonds is 7. The second-order valence-electron chi connectivity index (χ2n) is 5.22. The van der Waals surface area contributed by atoms with Crippen molar-refractivity contribution < 1.29 is 4.79 Å². The zero-order valence-corrected chi connectivity index (χ0v) is 12.0. The van der Waals surface area contributed by atoms with E-state index >= 15 is 0 Å². The number of carbonyl (C=O) groups is 1. The molecule has 0 aliphatic heterocycles. The highest BCUT2D eigenvalue weighted by Gasteiger charge is 2.11. The van der Waals surface area contributed by atoms with Gasteiger partial charge in [-0.15, -0.1) is 0 Å². The summed E-state index contributed by atoms with van der Waals surface area (Å²) in [5, 5.41) is 1.07. The summed E-state index contributed by atoms with van der Waals surface area (Å²) in [6.45, 7) is 2.86. The van der Waals surface area contributed by atoms with E-state index < -0.39 is 0 Å². The minimum atomic E-state index is 0.202. The number of ketones is 1. The Balaban J connectivity index is 2.03. The maximum atomic E-state index is 12.3. The number of aromatic nitrogens is 1. The van der Waals surface area contributed by atoms with Crippen molar-refractivity contribution in [3.05, 3.63) is 42.1 Å². The van der Waals surface area contributed by atoms with Gasteiger partial charge in [0.05, 0.1) is 5.52 Å². The molecule has 0 aliphatic rings. The van der Waals surface area contributed by atoms with Crippen molar-refractivity contribution in [1.29, 1.82) is 0 Å². The van der Waals surface area contributed by atoms with Gasteiger partial charge in [-0.1, -0.05) is 31.5 Å². The van der Waals surface area contributed by atoms with Crippen molar-refractivity contribution >= 4 is 16.7 Å². The zero-order chi connectivity index (χ0) is 14.4. The number of nitrogens with zero attached hydrogens (tertiary/aromatic N) is 1. The summed E-state index contributed by atoms with van der Waals surface area (Å²) in [4.78, 5) is 16.6. The van der Waals surface area contributed by atoms with E-state index in [0.29, 0.717) is 18.9 Å². The molecule has 0 aliphatic carbocycles. The SMILES string of the molecule is CCC(CCN)CCC(=O)c1ccc2cccnc2c1. The first kappa shape index (κ1) is 14.7. The molecule has 0 spiro atoms. The van der Waals surface area contributed by atoms with Gasteiger partial charge in [-0.3, -0.25) is 9.78 Å². The fourth-order valence-electron chi connectivity index (χ4n) is 2.51. The lowest BCUT2D eigenvalue weighted by Crippen LogP contribution is -2.10. The lowest BCUT2D eigenvalue weighted by atomic mass is 9.93. The maximum Gasteiger partial charge on any atom is 0.162 e. The van der Waals surface area contributed by atoms with Crippen LogP contribution in [0.1, 0.15) is 43.0 Å². The Labute approximate surface area is 120 Å². The average molecular weight is 270 g/mol. The van der Waals surface area contributed by atoms with Crippen LogP contribution in [0.3, 0.4) is 0 Å². The monoisotopic (exact) mass is 270 g/mol. The molecule has 3 nitrogen and oxygen atoms in total. The van der Waals surface area contributed by atoms with Gasteiger partial charge in [0.2, 0.25) is 0 Å². The molecule has 2 aromatic rings. The van der Waals surface area contributed by atoms with Crippen LogP contribution in [-0.2, 0) is 0 Å². The minimum Gasteiger partial charge on any atom is -0.330 e. The van der Waals surface area contributed by atoms with E-state index in [0.717, 1.165) is 35.7 Å². The lowest BCUT2D eigenvalue weighted by Gasteiger charge is -2.12. The van der Waals surface area contributed by atoms with Gasteiger partial charge < -0.3 is 5.73 Å². The zero-order valence-electron chi connectivity index (χ0n) is 12.0. The van der Waals surface area contributed by atoms with Crippen LogP contribution in [0.4, 0.5) is 0 Å². The van der Waals surface area contributed by atoms with E-state index in [1.807, 2.05) is 30.3 Å². The molecule has 1 unspecified atom stereocenters. The van der Waals surface area contributed by atoms with E-state index in [2.05, 4.69) is 11.9 Å². The minimum absolute atomic E-state index is 0.202. The summed E-state index contributed by atoms with van der Waals surface area (Å²) in [6.07, 6.45) is 5.36. The van der Waals surface area contributed by atoms with Gasteiger partial charge in [-0.25, -0.2) is 0 Å². The second-order valence-corrected chi connectivity index (χ2v) is 5.22. The summed E-state index contributed by atoms with van der Waals surface area (Å²) >= 11 is 0. The highest BCUT2D eigenvalue weighted by molar-refractivity contribution is 5.99. The molecule has 0 fully saturated rings. The molecule has 2 rings (SSSR count). The van der Waals surface area contributed by atoms with Gasteiger partial charge >= 0.3 is 0 Å². The summed E-state index contributed by atoms with van der Waals surface area (Å²) in [5.74, 6) is 0.760. The molecular weight excluding hydrogens is 248 g/mol. The molecule has 0 saturated heterocycles. The quantitative estimate of drug-likeness (QED) is 0.782. The van der Waals surface area contributed by atoms with Gasteiger partial charge in [-0.2, -0.15) is 0 Å². The van der Waals surface area contributed by atoms with Crippen LogP contribution in [0.2, 0.25) is 0 Å². The first-order valence-corrected chi connectivity index (χ1v) is 7.32. The molecule has 2 N–H and O–H groups in total. The van der Waals surface area contributed by atoms with Crippen LogP contribution >= 0.6 is 0 Å². The number of hydrogen-bond acceptors (Lipinski definition) is 3. The van der Waals surface area contributed by atoms with Crippen LogP contribution in [-0.4, -0.2) is 17.3 Å². The van der Waals surface area contributed by atoms with Crippen molar-refractivity contribution in [3.63, 3.8) is 0 Å². The van der Waals surface area contributed by atoms with Gasteiger partial charge in [0.1, 0.15) is 0 Å². The largest absolute Gasteiger partial charge is 0.330 e. The molecule has 20 heavy (non-hydrogen) atoms. The first-order valence-electron chi connectivity index (χ1n) is 7.32. The predicted octanol–water partition coefficient (Wildman–Crippen LogP) is 3.57. The molecule has 3 heteroatoms. The highest BCUT2D eigenvalue weighted by Crippen LogP contribution is 2.19. The molecule has 0 amide bonds. The average Bonchev–Trinajstić information content (AvgIpc) is 2.50. The third-order valence-electron chi connectivity index (χ3n) is 3.86. The normalized spacial score (nSPS) is 12.5. The molecule has 106 valence electrons. The number of Topliss-reactive ketones (excluding diaryl/α,β-unsaturated/α-hetero) is 1. The predicted molar refractivity (Wildman–Crippen MR) is 82.8 cm³/mol. The number of hydrogen-bond donors (Lipinski definition) is 1. The fourth-order valence-corrected chi connectivity index (χ4v) is 2.51. The Bertz CT molecular complexity index is 580. The Hall–Kier alpha value is -1.74. The van der Waals surface area contributed by atoms with E-state index in [1.165, 1.54) is 0 Å². The lowest BCUT2D eigenvalue weighted by molar-refractivity contribution is 0.0973. The summed E-state index contributed by atoms with van der Waals surface area (Å²) in [7, 11) is 0. The van der Waals surface area contributed by atoms with E-state index in [-0.39, 0.29) is 5.78 Å². The van der Waals surface area contributed by atoms with Crippen LogP contribution in [0.25, 0.3) is 10.9 Å². The fraction of sp³-hybridized carbons (Fsp3) is 0.412. The summed E-state index contributed by atoms with van der Waals surface area (Å²) in [5.41, 5.74) is 7.24. The van der Waals surface area contributed by atoms with Crippen molar-refractivity contribution in [3.8, 4) is 0 Å².